The van der Waals surface area contributed by atoms with E-state index in [0.29, 0.717) is 30.1 Å². The topological polar surface area (TPSA) is 102 Å². The maximum Gasteiger partial charge on any atom is 0.338 e. The molecule has 0 unspecified atom stereocenters. The number of hydrogen-bond acceptors (Lipinski definition) is 6. The summed E-state index contributed by atoms with van der Waals surface area (Å²) in [6, 6.07) is 12.1. The summed E-state index contributed by atoms with van der Waals surface area (Å²) in [6.07, 6.45) is 5.26. The van der Waals surface area contributed by atoms with Crippen LogP contribution in [0.4, 0.5) is 4.79 Å². The highest BCUT2D eigenvalue weighted by Gasteiger charge is 2.35. The number of urea groups is 1. The average Bonchev–Trinajstić information content (AvgIpc) is 3.46. The molecule has 0 aliphatic carbocycles. The van der Waals surface area contributed by atoms with E-state index in [9.17, 15) is 9.59 Å². The fourth-order valence-electron chi connectivity index (χ4n) is 3.66. The molecule has 2 amide bonds. The van der Waals surface area contributed by atoms with Gasteiger partial charge < -0.3 is 19.8 Å². The third-order valence-electron chi connectivity index (χ3n) is 5.01. The van der Waals surface area contributed by atoms with Crippen molar-refractivity contribution in [2.24, 2.45) is 0 Å². The Balaban J connectivity index is 1.55. The van der Waals surface area contributed by atoms with Crippen molar-refractivity contribution in [1.82, 2.24) is 25.3 Å². The molecule has 2 N–H and O–H groups in total. The molecule has 1 aliphatic rings. The van der Waals surface area contributed by atoms with Gasteiger partial charge >= 0.3 is 12.0 Å². The van der Waals surface area contributed by atoms with E-state index in [1.165, 1.54) is 6.26 Å². The number of aromatic nitrogens is 2. The molecule has 4 rings (SSSR count). The molecule has 0 saturated carbocycles. The fraction of sp³-hybridized carbons (Fsp3) is 0.261. The van der Waals surface area contributed by atoms with Crippen LogP contribution in [0.25, 0.3) is 5.69 Å². The van der Waals surface area contributed by atoms with Gasteiger partial charge in [0.25, 0.3) is 0 Å². The van der Waals surface area contributed by atoms with Gasteiger partial charge in [0, 0.05) is 30.5 Å². The minimum absolute atomic E-state index is 0.225. The summed E-state index contributed by atoms with van der Waals surface area (Å²) in [4.78, 5) is 27.1. The minimum atomic E-state index is -0.720. The third-order valence-corrected chi connectivity index (χ3v) is 5.01. The molecule has 0 radical (unpaired) electrons. The lowest BCUT2D eigenvalue weighted by Gasteiger charge is -2.29. The molecular weight excluding hydrogens is 410 g/mol. The Morgan fingerprint density at radius 2 is 2.03 bits per heavy atom. The van der Waals surface area contributed by atoms with Crippen LogP contribution in [0.5, 0.6) is 0 Å². The largest absolute Gasteiger partial charge is 0.467 e. The van der Waals surface area contributed by atoms with E-state index < -0.39 is 18.0 Å². The lowest BCUT2D eigenvalue weighted by atomic mass is 10.00. The highest BCUT2D eigenvalue weighted by Crippen LogP contribution is 2.28. The van der Waals surface area contributed by atoms with Gasteiger partial charge in [-0.3, -0.25) is 4.90 Å². The zero-order chi connectivity index (χ0) is 22.5. The van der Waals surface area contributed by atoms with Gasteiger partial charge in [-0.25, -0.2) is 14.3 Å². The zero-order valence-electron chi connectivity index (χ0n) is 17.9. The van der Waals surface area contributed by atoms with Gasteiger partial charge in [-0.05, 0) is 38.2 Å². The second-order valence-corrected chi connectivity index (χ2v) is 7.46. The summed E-state index contributed by atoms with van der Waals surface area (Å²) in [5, 5.41) is 9.94. The van der Waals surface area contributed by atoms with Gasteiger partial charge in [0.1, 0.15) is 11.8 Å². The highest BCUT2D eigenvalue weighted by atomic mass is 16.5. The van der Waals surface area contributed by atoms with Gasteiger partial charge in [0.2, 0.25) is 0 Å². The summed E-state index contributed by atoms with van der Waals surface area (Å²) < 4.78 is 12.5. The lowest BCUT2D eigenvalue weighted by Crippen LogP contribution is -2.48. The third kappa shape index (κ3) is 4.73. The number of hydrogen-bond donors (Lipinski definition) is 2. The number of carbonyl (C=O) groups is 2. The molecule has 0 fully saturated rings. The van der Waals surface area contributed by atoms with Gasteiger partial charge in [0.15, 0.2) is 0 Å². The Morgan fingerprint density at radius 1 is 1.22 bits per heavy atom. The molecule has 3 heterocycles. The maximum atomic E-state index is 12.8. The predicted octanol–water partition coefficient (Wildman–Crippen LogP) is 2.77. The van der Waals surface area contributed by atoms with Crippen LogP contribution >= 0.6 is 0 Å². The first-order valence-electron chi connectivity index (χ1n) is 10.3. The van der Waals surface area contributed by atoms with Crippen molar-refractivity contribution in [3.05, 3.63) is 83.7 Å². The fourth-order valence-corrected chi connectivity index (χ4v) is 3.66. The number of rotatable bonds is 8. The molecule has 0 saturated heterocycles. The monoisotopic (exact) mass is 435 g/mol. The Kier molecular flexibility index (Phi) is 6.37. The standard InChI is InChI=1S/C23H25N5O4/c1-3-31-22(29)20-18(25-23(30)26-21(20)19-10-7-11-32-19)15-27(2)13-16-12-24-28(14-16)17-8-5-4-6-9-17/h4-12,14,21H,3,13,15H2,1-2H3,(H2,25,26,30)/t21-/m0/s1. The Morgan fingerprint density at radius 3 is 2.75 bits per heavy atom. The lowest BCUT2D eigenvalue weighted by molar-refractivity contribution is -0.139. The highest BCUT2D eigenvalue weighted by molar-refractivity contribution is 5.95. The number of esters is 1. The van der Waals surface area contributed by atoms with E-state index in [1.54, 1.807) is 25.3 Å². The number of nitrogens with one attached hydrogen (secondary N) is 2. The molecule has 3 aromatic rings. The van der Waals surface area contributed by atoms with Crippen molar-refractivity contribution in [3.63, 3.8) is 0 Å². The van der Waals surface area contributed by atoms with Crippen LogP contribution in [0, 0.1) is 0 Å². The first kappa shape index (κ1) is 21.4. The van der Waals surface area contributed by atoms with Crippen LogP contribution < -0.4 is 10.6 Å². The van der Waals surface area contributed by atoms with Crippen molar-refractivity contribution in [2.75, 3.05) is 20.2 Å². The normalized spacial score (nSPS) is 16.1. The van der Waals surface area contributed by atoms with E-state index >= 15 is 0 Å². The van der Waals surface area contributed by atoms with Crippen molar-refractivity contribution >= 4 is 12.0 Å². The molecule has 0 bridgehead atoms. The number of amides is 2. The van der Waals surface area contributed by atoms with Crippen LogP contribution in [-0.2, 0) is 16.1 Å². The van der Waals surface area contributed by atoms with Crippen LogP contribution in [0.3, 0.4) is 0 Å². The van der Waals surface area contributed by atoms with Crippen molar-refractivity contribution in [2.45, 2.75) is 19.5 Å². The van der Waals surface area contributed by atoms with Gasteiger partial charge in [-0.15, -0.1) is 0 Å². The van der Waals surface area contributed by atoms with Crippen LogP contribution in [0.2, 0.25) is 0 Å². The number of ether oxygens (including phenoxy) is 1. The number of likely N-dealkylation sites (N-methyl/N-ethyl adjacent to an activating group) is 1. The summed E-state index contributed by atoms with van der Waals surface area (Å²) in [5.41, 5.74) is 2.78. The molecule has 9 nitrogen and oxygen atoms in total. The SMILES string of the molecule is CCOC(=O)C1=C(CN(C)Cc2cnn(-c3ccccc3)c2)NC(=O)N[C@H]1c1ccco1. The first-order chi connectivity index (χ1) is 15.5. The molecule has 2 aromatic heterocycles. The van der Waals surface area contributed by atoms with E-state index in [0.717, 1.165) is 11.3 Å². The molecule has 166 valence electrons. The molecule has 0 spiro atoms. The van der Waals surface area contributed by atoms with E-state index in [-0.39, 0.29) is 6.61 Å². The quantitative estimate of drug-likeness (QED) is 0.528. The number of para-hydroxylation sites is 1. The van der Waals surface area contributed by atoms with Crippen molar-refractivity contribution in [1.29, 1.82) is 0 Å². The summed E-state index contributed by atoms with van der Waals surface area (Å²) in [5.74, 6) is -0.0334. The smallest absolute Gasteiger partial charge is 0.338 e. The maximum absolute atomic E-state index is 12.8. The van der Waals surface area contributed by atoms with Crippen LogP contribution in [0.1, 0.15) is 24.3 Å². The Labute approximate surface area is 185 Å². The molecule has 1 aliphatic heterocycles. The molecule has 9 heteroatoms. The molecule has 32 heavy (non-hydrogen) atoms. The summed E-state index contributed by atoms with van der Waals surface area (Å²) >= 11 is 0. The van der Waals surface area contributed by atoms with Crippen molar-refractivity contribution in [3.8, 4) is 5.69 Å². The van der Waals surface area contributed by atoms with E-state index in [4.69, 9.17) is 9.15 Å². The average molecular weight is 435 g/mol. The van der Waals surface area contributed by atoms with Gasteiger partial charge in [0.05, 0.1) is 30.3 Å². The second kappa shape index (κ2) is 9.52. The number of furan rings is 1. The summed E-state index contributed by atoms with van der Waals surface area (Å²) in [7, 11) is 1.91. The van der Waals surface area contributed by atoms with Crippen LogP contribution in [-0.4, -0.2) is 46.9 Å². The van der Waals surface area contributed by atoms with Gasteiger partial charge in [-0.2, -0.15) is 5.10 Å². The van der Waals surface area contributed by atoms with E-state index in [2.05, 4.69) is 15.7 Å². The number of benzene rings is 1. The summed E-state index contributed by atoms with van der Waals surface area (Å²) in [6.45, 7) is 2.87. The first-order valence-corrected chi connectivity index (χ1v) is 10.3. The molecule has 1 atom stereocenters. The zero-order valence-corrected chi connectivity index (χ0v) is 17.9. The van der Waals surface area contributed by atoms with Crippen LogP contribution in [0.15, 0.2) is 76.8 Å². The number of carbonyl (C=O) groups excluding carboxylic acids is 2. The Bertz CT molecular complexity index is 1100. The van der Waals surface area contributed by atoms with E-state index in [1.807, 2.05) is 53.2 Å². The van der Waals surface area contributed by atoms with Gasteiger partial charge in [-0.1, -0.05) is 18.2 Å². The predicted molar refractivity (Wildman–Crippen MR) is 117 cm³/mol. The minimum Gasteiger partial charge on any atom is -0.467 e. The Hall–Kier alpha value is -3.85. The second-order valence-electron chi connectivity index (χ2n) is 7.46. The molecular formula is C23H25N5O4. The molecule has 1 aromatic carbocycles. The number of nitrogens with zero attached hydrogens (tertiary/aromatic N) is 3. The van der Waals surface area contributed by atoms with Crippen molar-refractivity contribution < 1.29 is 18.7 Å².